The summed E-state index contributed by atoms with van der Waals surface area (Å²) < 4.78 is 5.77. The maximum Gasteiger partial charge on any atom is 0.323 e. The number of hydrogen-bond donors (Lipinski definition) is 1. The van der Waals surface area contributed by atoms with Crippen LogP contribution in [0, 0.1) is 0 Å². The van der Waals surface area contributed by atoms with Crippen molar-refractivity contribution >= 4 is 11.9 Å². The minimum Gasteiger partial charge on any atom is -0.480 e. The molecule has 1 unspecified atom stereocenters. The van der Waals surface area contributed by atoms with E-state index in [1.807, 2.05) is 6.92 Å². The van der Waals surface area contributed by atoms with Crippen LogP contribution in [0.25, 0.3) is 0 Å². The predicted molar refractivity (Wildman–Crippen MR) is 62.6 cm³/mol. The fourth-order valence-corrected chi connectivity index (χ4v) is 2.49. The molecule has 1 amide bonds. The van der Waals surface area contributed by atoms with Crippen LogP contribution < -0.4 is 0 Å². The first-order valence-electron chi connectivity index (χ1n) is 6.21. The van der Waals surface area contributed by atoms with E-state index in [0.717, 1.165) is 24.4 Å². The highest BCUT2D eigenvalue weighted by molar-refractivity contribution is 5.98. The fourth-order valence-electron chi connectivity index (χ4n) is 2.49. The Morgan fingerprint density at radius 2 is 2.28 bits per heavy atom. The quantitative estimate of drug-likeness (QED) is 0.886. The number of furan rings is 1. The minimum atomic E-state index is -0.982. The van der Waals surface area contributed by atoms with Crippen molar-refractivity contribution in [2.24, 2.45) is 0 Å². The molecule has 3 rings (SSSR count). The molecular formula is C13H15NO4. The normalized spacial score (nSPS) is 23.1. The lowest BCUT2D eigenvalue weighted by atomic mass is 9.98. The lowest BCUT2D eigenvalue weighted by Crippen LogP contribution is -2.41. The van der Waals surface area contributed by atoms with Crippen molar-refractivity contribution in [3.8, 4) is 0 Å². The zero-order valence-electron chi connectivity index (χ0n) is 10.2. The van der Waals surface area contributed by atoms with Gasteiger partial charge in [0.25, 0.3) is 5.91 Å². The average molecular weight is 249 g/mol. The summed E-state index contributed by atoms with van der Waals surface area (Å²) in [5, 5.41) is 8.80. The van der Waals surface area contributed by atoms with Gasteiger partial charge in [0.2, 0.25) is 0 Å². The highest BCUT2D eigenvalue weighted by atomic mass is 16.4. The summed E-state index contributed by atoms with van der Waals surface area (Å²) in [7, 11) is 0. The van der Waals surface area contributed by atoms with Crippen LogP contribution in [0.4, 0.5) is 0 Å². The van der Waals surface area contributed by atoms with Gasteiger partial charge in [0.1, 0.15) is 18.1 Å². The van der Waals surface area contributed by atoms with Crippen LogP contribution in [-0.4, -0.2) is 35.0 Å². The second-order valence-corrected chi connectivity index (χ2v) is 5.18. The molecular weight excluding hydrogens is 234 g/mol. The molecule has 18 heavy (non-hydrogen) atoms. The molecule has 0 saturated heterocycles. The zero-order valence-corrected chi connectivity index (χ0v) is 10.2. The van der Waals surface area contributed by atoms with E-state index in [1.54, 1.807) is 6.07 Å². The van der Waals surface area contributed by atoms with Crippen LogP contribution in [0.1, 0.15) is 53.5 Å². The molecule has 5 nitrogen and oxygen atoms in total. The first kappa shape index (κ1) is 11.3. The highest BCUT2D eigenvalue weighted by Gasteiger charge is 2.36. The molecule has 0 aromatic carbocycles. The van der Waals surface area contributed by atoms with Crippen molar-refractivity contribution in [2.75, 3.05) is 13.1 Å². The van der Waals surface area contributed by atoms with Crippen molar-refractivity contribution in [3.05, 3.63) is 23.2 Å². The van der Waals surface area contributed by atoms with Crippen LogP contribution in [0.3, 0.4) is 0 Å². The monoisotopic (exact) mass is 249 g/mol. The van der Waals surface area contributed by atoms with Crippen molar-refractivity contribution < 1.29 is 19.1 Å². The molecule has 1 N–H and O–H groups in total. The Morgan fingerprint density at radius 3 is 2.89 bits per heavy atom. The molecule has 1 fully saturated rings. The molecule has 0 radical (unpaired) electrons. The SMILES string of the molecule is CC1CN(CC(=O)O)C(=O)c2cc(C3CC3)oc21. The second kappa shape index (κ2) is 3.86. The summed E-state index contributed by atoms with van der Waals surface area (Å²) in [6.45, 7) is 2.13. The molecule has 1 aliphatic heterocycles. The lowest BCUT2D eigenvalue weighted by Gasteiger charge is -2.28. The number of fused-ring (bicyclic) bond motifs is 1. The van der Waals surface area contributed by atoms with Crippen molar-refractivity contribution in [1.29, 1.82) is 0 Å². The van der Waals surface area contributed by atoms with Gasteiger partial charge in [-0.1, -0.05) is 6.92 Å². The Morgan fingerprint density at radius 1 is 1.56 bits per heavy atom. The number of nitrogens with zero attached hydrogens (tertiary/aromatic N) is 1. The molecule has 0 spiro atoms. The maximum atomic E-state index is 12.2. The Hall–Kier alpha value is -1.78. The number of carboxylic acid groups (broad SMARTS) is 1. The molecule has 1 saturated carbocycles. The molecule has 2 aliphatic rings. The second-order valence-electron chi connectivity index (χ2n) is 5.18. The van der Waals surface area contributed by atoms with Gasteiger partial charge in [-0.2, -0.15) is 0 Å². The van der Waals surface area contributed by atoms with Gasteiger partial charge in [0.15, 0.2) is 0 Å². The zero-order chi connectivity index (χ0) is 12.9. The van der Waals surface area contributed by atoms with Gasteiger partial charge in [-0.3, -0.25) is 9.59 Å². The molecule has 2 heterocycles. The van der Waals surface area contributed by atoms with E-state index in [0.29, 0.717) is 18.0 Å². The third kappa shape index (κ3) is 1.79. The maximum absolute atomic E-state index is 12.2. The molecule has 1 aromatic rings. The van der Waals surface area contributed by atoms with E-state index >= 15 is 0 Å². The molecule has 0 bridgehead atoms. The number of amides is 1. The third-order valence-corrected chi connectivity index (χ3v) is 3.55. The molecule has 1 aromatic heterocycles. The summed E-state index contributed by atoms with van der Waals surface area (Å²) in [6.07, 6.45) is 2.24. The topological polar surface area (TPSA) is 70.8 Å². The Bertz CT molecular complexity index is 515. The van der Waals surface area contributed by atoms with Crippen molar-refractivity contribution in [3.63, 3.8) is 0 Å². The van der Waals surface area contributed by atoms with Crippen LogP contribution in [0.2, 0.25) is 0 Å². The van der Waals surface area contributed by atoms with E-state index in [1.165, 1.54) is 4.90 Å². The van der Waals surface area contributed by atoms with Gasteiger partial charge in [-0.25, -0.2) is 0 Å². The van der Waals surface area contributed by atoms with Gasteiger partial charge < -0.3 is 14.4 Å². The summed E-state index contributed by atoms with van der Waals surface area (Å²) in [4.78, 5) is 24.3. The number of carboxylic acids is 1. The van der Waals surface area contributed by atoms with Crippen molar-refractivity contribution in [2.45, 2.75) is 31.6 Å². The average Bonchev–Trinajstić information content (AvgIpc) is 3.04. The molecule has 1 aliphatic carbocycles. The largest absolute Gasteiger partial charge is 0.480 e. The first-order chi connectivity index (χ1) is 8.56. The summed E-state index contributed by atoms with van der Waals surface area (Å²) in [5.41, 5.74) is 0.553. The third-order valence-electron chi connectivity index (χ3n) is 3.55. The van der Waals surface area contributed by atoms with Gasteiger partial charge >= 0.3 is 5.97 Å². The van der Waals surface area contributed by atoms with E-state index in [9.17, 15) is 9.59 Å². The van der Waals surface area contributed by atoms with Gasteiger partial charge in [0, 0.05) is 18.4 Å². The minimum absolute atomic E-state index is 0.0598. The van der Waals surface area contributed by atoms with E-state index in [2.05, 4.69) is 0 Å². The van der Waals surface area contributed by atoms with Gasteiger partial charge in [-0.05, 0) is 18.9 Å². The smallest absolute Gasteiger partial charge is 0.323 e. The van der Waals surface area contributed by atoms with Gasteiger partial charge in [0.05, 0.1) is 5.56 Å². The Kier molecular flexibility index (Phi) is 2.43. The Balaban J connectivity index is 1.92. The summed E-state index contributed by atoms with van der Waals surface area (Å²) in [5.74, 6) is 0.931. The Labute approximate surface area is 104 Å². The summed E-state index contributed by atoms with van der Waals surface area (Å²) in [6, 6.07) is 1.81. The molecule has 1 atom stereocenters. The van der Waals surface area contributed by atoms with E-state index in [4.69, 9.17) is 9.52 Å². The highest BCUT2D eigenvalue weighted by Crippen LogP contribution is 2.43. The van der Waals surface area contributed by atoms with Crippen LogP contribution >= 0.6 is 0 Å². The first-order valence-corrected chi connectivity index (χ1v) is 6.21. The molecule has 96 valence electrons. The number of hydrogen-bond acceptors (Lipinski definition) is 3. The van der Waals surface area contributed by atoms with E-state index < -0.39 is 5.97 Å². The van der Waals surface area contributed by atoms with Gasteiger partial charge in [-0.15, -0.1) is 0 Å². The van der Waals surface area contributed by atoms with Crippen LogP contribution in [0.15, 0.2) is 10.5 Å². The number of rotatable bonds is 3. The van der Waals surface area contributed by atoms with Crippen molar-refractivity contribution in [1.82, 2.24) is 4.90 Å². The van der Waals surface area contributed by atoms with E-state index in [-0.39, 0.29) is 18.4 Å². The number of aliphatic carboxylic acids is 1. The number of carbonyl (C=O) groups excluding carboxylic acids is 1. The number of carbonyl (C=O) groups is 2. The summed E-state index contributed by atoms with van der Waals surface area (Å²) >= 11 is 0. The lowest BCUT2D eigenvalue weighted by molar-refractivity contribution is -0.137. The fraction of sp³-hybridized carbons (Fsp3) is 0.538. The standard InChI is InChI=1S/C13H15NO4/c1-7-5-14(6-11(15)16)13(17)9-4-10(8-2-3-8)18-12(7)9/h4,7-8H,2-3,5-6H2,1H3,(H,15,16). The van der Waals surface area contributed by atoms with Crippen LogP contribution in [0.5, 0.6) is 0 Å². The predicted octanol–water partition coefficient (Wildman–Crippen LogP) is 1.80. The molecule has 5 heteroatoms. The van der Waals surface area contributed by atoms with Crippen LogP contribution in [-0.2, 0) is 4.79 Å².